The zero-order valence-corrected chi connectivity index (χ0v) is 15.9. The lowest BCUT2D eigenvalue weighted by atomic mass is 9.88. The SMILES string of the molecule is CCC(OC1CCCC(C)C1)C(=O)N1CCC(CNC)CC1.Cl. The van der Waals surface area contributed by atoms with Gasteiger partial charge in [-0.15, -0.1) is 12.4 Å². The third kappa shape index (κ3) is 6.24. The van der Waals surface area contributed by atoms with Crippen LogP contribution in [-0.2, 0) is 9.53 Å². The highest BCUT2D eigenvalue weighted by molar-refractivity contribution is 5.85. The Morgan fingerprint density at radius 2 is 1.96 bits per heavy atom. The first-order valence-corrected chi connectivity index (χ1v) is 9.22. The van der Waals surface area contributed by atoms with Crippen LogP contribution in [0.15, 0.2) is 0 Å². The van der Waals surface area contributed by atoms with E-state index in [-0.39, 0.29) is 24.4 Å². The van der Waals surface area contributed by atoms with E-state index >= 15 is 0 Å². The molecule has 5 heteroatoms. The number of amides is 1. The van der Waals surface area contributed by atoms with Gasteiger partial charge in [0.25, 0.3) is 5.91 Å². The van der Waals surface area contributed by atoms with Gasteiger partial charge in [0.2, 0.25) is 0 Å². The Morgan fingerprint density at radius 3 is 2.52 bits per heavy atom. The molecule has 0 bridgehead atoms. The molecule has 1 saturated carbocycles. The molecule has 1 heterocycles. The van der Waals surface area contributed by atoms with Crippen molar-refractivity contribution >= 4 is 18.3 Å². The van der Waals surface area contributed by atoms with Crippen molar-refractivity contribution in [1.82, 2.24) is 10.2 Å². The second-order valence-electron chi connectivity index (χ2n) is 7.25. The Hall–Kier alpha value is -0.320. The van der Waals surface area contributed by atoms with Gasteiger partial charge in [0.15, 0.2) is 0 Å². The maximum Gasteiger partial charge on any atom is 0.251 e. The number of ether oxygens (including phenoxy) is 1. The predicted octanol–water partition coefficient (Wildman–Crippen LogP) is 3.24. The maximum atomic E-state index is 12.7. The van der Waals surface area contributed by atoms with E-state index in [2.05, 4.69) is 19.2 Å². The van der Waals surface area contributed by atoms with E-state index in [1.54, 1.807) is 0 Å². The van der Waals surface area contributed by atoms with E-state index in [1.165, 1.54) is 12.8 Å². The van der Waals surface area contributed by atoms with E-state index in [9.17, 15) is 4.79 Å². The van der Waals surface area contributed by atoms with Crippen molar-refractivity contribution in [3.63, 3.8) is 0 Å². The van der Waals surface area contributed by atoms with Gasteiger partial charge in [0.05, 0.1) is 6.10 Å². The van der Waals surface area contributed by atoms with Crippen LogP contribution in [0.5, 0.6) is 0 Å². The lowest BCUT2D eigenvalue weighted by Gasteiger charge is -2.36. The average Bonchev–Trinajstić information content (AvgIpc) is 2.53. The zero-order chi connectivity index (χ0) is 15.9. The summed E-state index contributed by atoms with van der Waals surface area (Å²) < 4.78 is 6.20. The Kier molecular flexibility index (Phi) is 9.48. The number of hydrogen-bond donors (Lipinski definition) is 1. The van der Waals surface area contributed by atoms with Crippen molar-refractivity contribution in [3.05, 3.63) is 0 Å². The van der Waals surface area contributed by atoms with E-state index < -0.39 is 0 Å². The molecule has 2 aliphatic rings. The molecule has 0 radical (unpaired) electrons. The molecule has 1 N–H and O–H groups in total. The van der Waals surface area contributed by atoms with Gasteiger partial charge >= 0.3 is 0 Å². The largest absolute Gasteiger partial charge is 0.365 e. The fraction of sp³-hybridized carbons (Fsp3) is 0.944. The molecule has 3 atom stereocenters. The second kappa shape index (κ2) is 10.5. The zero-order valence-electron chi connectivity index (χ0n) is 15.1. The van der Waals surface area contributed by atoms with Crippen LogP contribution in [-0.4, -0.2) is 49.7 Å². The van der Waals surface area contributed by atoms with Crippen molar-refractivity contribution < 1.29 is 9.53 Å². The molecule has 1 amide bonds. The van der Waals surface area contributed by atoms with Gasteiger partial charge in [-0.3, -0.25) is 4.79 Å². The molecule has 23 heavy (non-hydrogen) atoms. The molecule has 136 valence electrons. The minimum atomic E-state index is -0.226. The van der Waals surface area contributed by atoms with E-state index in [0.29, 0.717) is 12.0 Å². The van der Waals surface area contributed by atoms with E-state index in [0.717, 1.165) is 57.7 Å². The highest BCUT2D eigenvalue weighted by Crippen LogP contribution is 2.27. The molecule has 0 spiro atoms. The molecular formula is C18H35ClN2O2. The number of hydrogen-bond acceptors (Lipinski definition) is 3. The summed E-state index contributed by atoms with van der Waals surface area (Å²) in [5, 5.41) is 3.25. The van der Waals surface area contributed by atoms with Crippen LogP contribution in [0.1, 0.15) is 58.8 Å². The van der Waals surface area contributed by atoms with Crippen molar-refractivity contribution in [1.29, 1.82) is 0 Å². The third-order valence-electron chi connectivity index (χ3n) is 5.31. The monoisotopic (exact) mass is 346 g/mol. The van der Waals surface area contributed by atoms with Crippen LogP contribution in [0, 0.1) is 11.8 Å². The fourth-order valence-corrected chi connectivity index (χ4v) is 3.91. The molecule has 4 nitrogen and oxygen atoms in total. The fourth-order valence-electron chi connectivity index (χ4n) is 3.91. The van der Waals surface area contributed by atoms with E-state index in [1.807, 2.05) is 11.9 Å². The predicted molar refractivity (Wildman–Crippen MR) is 97.1 cm³/mol. The summed E-state index contributed by atoms with van der Waals surface area (Å²) in [5.41, 5.74) is 0. The summed E-state index contributed by atoms with van der Waals surface area (Å²) in [5.74, 6) is 1.68. The first-order valence-electron chi connectivity index (χ1n) is 9.22. The Morgan fingerprint density at radius 1 is 1.26 bits per heavy atom. The molecule has 3 unspecified atom stereocenters. The molecule has 1 aliphatic heterocycles. The molecule has 0 aromatic rings. The Bertz CT molecular complexity index is 346. The minimum Gasteiger partial charge on any atom is -0.365 e. The van der Waals surface area contributed by atoms with Gasteiger partial charge in [-0.25, -0.2) is 0 Å². The number of likely N-dealkylation sites (tertiary alicyclic amines) is 1. The topological polar surface area (TPSA) is 41.6 Å². The molecular weight excluding hydrogens is 312 g/mol. The first-order chi connectivity index (χ1) is 10.6. The quantitative estimate of drug-likeness (QED) is 0.802. The van der Waals surface area contributed by atoms with Gasteiger partial charge in [0.1, 0.15) is 6.10 Å². The van der Waals surface area contributed by atoms with Crippen LogP contribution >= 0.6 is 12.4 Å². The van der Waals surface area contributed by atoms with Crippen LogP contribution in [0.4, 0.5) is 0 Å². The van der Waals surface area contributed by atoms with Gasteiger partial charge in [-0.1, -0.05) is 26.7 Å². The standard InChI is InChI=1S/C18H34N2O2.ClH/c1-4-17(22-16-7-5-6-14(2)12-16)18(21)20-10-8-15(9-11-20)13-19-3;/h14-17,19H,4-13H2,1-3H3;1H. The number of rotatable bonds is 6. The third-order valence-corrected chi connectivity index (χ3v) is 5.31. The van der Waals surface area contributed by atoms with E-state index in [4.69, 9.17) is 4.74 Å². The van der Waals surface area contributed by atoms with Crippen molar-refractivity contribution in [2.24, 2.45) is 11.8 Å². The van der Waals surface area contributed by atoms with Gasteiger partial charge < -0.3 is 15.0 Å². The van der Waals surface area contributed by atoms with Gasteiger partial charge in [0, 0.05) is 13.1 Å². The Balaban J connectivity index is 0.00000264. The highest BCUT2D eigenvalue weighted by atomic mass is 35.5. The van der Waals surface area contributed by atoms with Gasteiger partial charge in [-0.05, 0) is 57.5 Å². The first kappa shape index (κ1) is 20.7. The number of halogens is 1. The summed E-state index contributed by atoms with van der Waals surface area (Å²) in [6, 6.07) is 0. The summed E-state index contributed by atoms with van der Waals surface area (Å²) in [7, 11) is 2.00. The number of carbonyl (C=O) groups excluding carboxylic acids is 1. The summed E-state index contributed by atoms with van der Waals surface area (Å²) in [6.07, 6.45) is 7.88. The minimum absolute atomic E-state index is 0. The van der Waals surface area contributed by atoms with Crippen LogP contribution in [0.2, 0.25) is 0 Å². The number of nitrogens with one attached hydrogen (secondary N) is 1. The summed E-state index contributed by atoms with van der Waals surface area (Å²) in [6.45, 7) is 7.22. The van der Waals surface area contributed by atoms with Crippen LogP contribution in [0.25, 0.3) is 0 Å². The summed E-state index contributed by atoms with van der Waals surface area (Å²) in [4.78, 5) is 14.8. The molecule has 0 aromatic heterocycles. The van der Waals surface area contributed by atoms with Crippen molar-refractivity contribution in [2.45, 2.75) is 71.0 Å². The molecule has 1 saturated heterocycles. The number of carbonyl (C=O) groups is 1. The molecule has 2 rings (SSSR count). The van der Waals surface area contributed by atoms with Crippen molar-refractivity contribution in [3.8, 4) is 0 Å². The average molecular weight is 347 g/mol. The second-order valence-corrected chi connectivity index (χ2v) is 7.25. The van der Waals surface area contributed by atoms with Crippen LogP contribution in [0.3, 0.4) is 0 Å². The molecule has 0 aromatic carbocycles. The number of piperidine rings is 1. The van der Waals surface area contributed by atoms with Crippen LogP contribution < -0.4 is 5.32 Å². The molecule has 2 fully saturated rings. The summed E-state index contributed by atoms with van der Waals surface area (Å²) >= 11 is 0. The lowest BCUT2D eigenvalue weighted by molar-refractivity contribution is -0.151. The Labute approximate surface area is 148 Å². The normalized spacial score (nSPS) is 27.3. The van der Waals surface area contributed by atoms with Gasteiger partial charge in [-0.2, -0.15) is 0 Å². The number of nitrogens with zero attached hydrogens (tertiary/aromatic N) is 1. The molecule has 1 aliphatic carbocycles. The maximum absolute atomic E-state index is 12.7. The smallest absolute Gasteiger partial charge is 0.251 e. The lowest BCUT2D eigenvalue weighted by Crippen LogP contribution is -2.46. The van der Waals surface area contributed by atoms with Crippen molar-refractivity contribution in [2.75, 3.05) is 26.7 Å². The highest BCUT2D eigenvalue weighted by Gasteiger charge is 2.30.